The summed E-state index contributed by atoms with van der Waals surface area (Å²) in [5.41, 5.74) is 0.633. The van der Waals surface area contributed by atoms with Gasteiger partial charge in [0.05, 0.1) is 24.2 Å². The lowest BCUT2D eigenvalue weighted by atomic mass is 10.2. The van der Waals surface area contributed by atoms with Gasteiger partial charge in [0, 0.05) is 32.7 Å². The second kappa shape index (κ2) is 7.80. The third-order valence-corrected chi connectivity index (χ3v) is 5.27. The van der Waals surface area contributed by atoms with E-state index in [2.05, 4.69) is 4.72 Å². The molecule has 12 heteroatoms. The zero-order chi connectivity index (χ0) is 20.5. The van der Waals surface area contributed by atoms with E-state index in [0.29, 0.717) is 24.5 Å². The van der Waals surface area contributed by atoms with Crippen molar-refractivity contribution in [3.63, 3.8) is 0 Å². The molecule has 2 heterocycles. The summed E-state index contributed by atoms with van der Waals surface area (Å²) in [7, 11) is -3.41. The molecule has 2 fully saturated rings. The number of anilines is 2. The Labute approximate surface area is 161 Å². The minimum atomic E-state index is -3.41. The number of nitrogens with one attached hydrogen (secondary N) is 1. The molecule has 2 N–H and O–H groups in total. The number of halogens is 1. The lowest BCUT2D eigenvalue weighted by Gasteiger charge is -2.34. The maximum absolute atomic E-state index is 14.6. The predicted octanol–water partition coefficient (Wildman–Crippen LogP) is 0.500. The highest BCUT2D eigenvalue weighted by Gasteiger charge is 2.33. The summed E-state index contributed by atoms with van der Waals surface area (Å²) in [6.45, 7) is 1.34. The van der Waals surface area contributed by atoms with Gasteiger partial charge in [0.1, 0.15) is 11.9 Å². The molecule has 0 aliphatic carbocycles. The van der Waals surface area contributed by atoms with Gasteiger partial charge in [0.25, 0.3) is 0 Å². The predicted molar refractivity (Wildman–Crippen MR) is 98.7 cm³/mol. The SMILES string of the molecule is CS(=O)(=O)NC[C@H]1CN(c2ccc(N3CCN(C(=O)O)CC3)c(F)c2)C(=O)O1. The molecule has 3 rings (SSSR count). The fourth-order valence-corrected chi connectivity index (χ4v) is 3.63. The Hall–Kier alpha value is -2.60. The molecule has 0 bridgehead atoms. The first-order chi connectivity index (χ1) is 13.1. The Balaban J connectivity index is 1.66. The van der Waals surface area contributed by atoms with Crippen LogP contribution in [-0.4, -0.2) is 82.2 Å². The third-order valence-electron chi connectivity index (χ3n) is 4.58. The zero-order valence-corrected chi connectivity index (χ0v) is 16.0. The van der Waals surface area contributed by atoms with E-state index < -0.39 is 34.1 Å². The van der Waals surface area contributed by atoms with Crippen LogP contribution in [-0.2, 0) is 14.8 Å². The van der Waals surface area contributed by atoms with Crippen LogP contribution < -0.4 is 14.5 Å². The Bertz CT molecular complexity index is 872. The second-order valence-electron chi connectivity index (χ2n) is 6.63. The van der Waals surface area contributed by atoms with Crippen LogP contribution in [0.25, 0.3) is 0 Å². The zero-order valence-electron chi connectivity index (χ0n) is 15.2. The second-order valence-corrected chi connectivity index (χ2v) is 8.46. The van der Waals surface area contributed by atoms with E-state index in [0.717, 1.165) is 6.26 Å². The number of benzene rings is 1. The molecule has 2 aliphatic heterocycles. The first-order valence-corrected chi connectivity index (χ1v) is 10.5. The maximum atomic E-state index is 14.6. The average Bonchev–Trinajstić information content (AvgIpc) is 3.00. The van der Waals surface area contributed by atoms with Crippen molar-refractivity contribution in [1.29, 1.82) is 0 Å². The largest absolute Gasteiger partial charge is 0.465 e. The number of hydrogen-bond donors (Lipinski definition) is 2. The van der Waals surface area contributed by atoms with Crippen LogP contribution in [0, 0.1) is 5.82 Å². The molecule has 0 spiro atoms. The van der Waals surface area contributed by atoms with Crippen LogP contribution in [0.5, 0.6) is 0 Å². The van der Waals surface area contributed by atoms with Crippen molar-refractivity contribution in [3.05, 3.63) is 24.0 Å². The normalized spacial score (nSPS) is 20.4. The summed E-state index contributed by atoms with van der Waals surface area (Å²) in [6.07, 6.45) is -1.34. The number of rotatable bonds is 5. The van der Waals surface area contributed by atoms with Crippen LogP contribution in [0.4, 0.5) is 25.4 Å². The highest BCUT2D eigenvalue weighted by Crippen LogP contribution is 2.28. The molecule has 28 heavy (non-hydrogen) atoms. The van der Waals surface area contributed by atoms with Gasteiger partial charge in [-0.1, -0.05) is 0 Å². The molecule has 0 saturated carbocycles. The molecule has 10 nitrogen and oxygen atoms in total. The summed E-state index contributed by atoms with van der Waals surface area (Å²) in [5.74, 6) is -0.535. The molecule has 1 aromatic carbocycles. The van der Waals surface area contributed by atoms with E-state index in [-0.39, 0.29) is 26.2 Å². The van der Waals surface area contributed by atoms with Crippen molar-refractivity contribution in [2.24, 2.45) is 0 Å². The minimum Gasteiger partial charge on any atom is -0.465 e. The molecule has 2 amide bonds. The van der Waals surface area contributed by atoms with Gasteiger partial charge in [-0.2, -0.15) is 0 Å². The molecule has 0 unspecified atom stereocenters. The van der Waals surface area contributed by atoms with E-state index in [4.69, 9.17) is 9.84 Å². The molecule has 1 aromatic rings. The van der Waals surface area contributed by atoms with Crippen LogP contribution in [0.1, 0.15) is 0 Å². The topological polar surface area (TPSA) is 119 Å². The number of hydrogen-bond acceptors (Lipinski definition) is 6. The molecular formula is C16H21FN4O6S. The number of carboxylic acid groups (broad SMARTS) is 1. The van der Waals surface area contributed by atoms with Gasteiger partial charge < -0.3 is 19.6 Å². The first kappa shape index (κ1) is 20.1. The quantitative estimate of drug-likeness (QED) is 0.717. The fraction of sp³-hybridized carbons (Fsp3) is 0.500. The van der Waals surface area contributed by atoms with Crippen molar-refractivity contribution in [1.82, 2.24) is 9.62 Å². The molecule has 0 aromatic heterocycles. The number of amides is 2. The smallest absolute Gasteiger partial charge is 0.414 e. The number of cyclic esters (lactones) is 1. The van der Waals surface area contributed by atoms with E-state index in [1.54, 1.807) is 11.0 Å². The number of ether oxygens (including phenoxy) is 1. The fourth-order valence-electron chi connectivity index (χ4n) is 3.14. The number of carbonyl (C=O) groups excluding carboxylic acids is 1. The van der Waals surface area contributed by atoms with Crippen LogP contribution in [0.3, 0.4) is 0 Å². The van der Waals surface area contributed by atoms with Crippen LogP contribution >= 0.6 is 0 Å². The molecule has 154 valence electrons. The third kappa shape index (κ3) is 4.62. The standard InChI is InChI=1S/C16H21FN4O6S/c1-28(25,26)18-9-12-10-21(16(24)27-12)11-2-3-14(13(17)8-11)19-4-6-20(7-5-19)15(22)23/h2-3,8,12,18H,4-7,9-10H2,1H3,(H,22,23)/t12-/m0/s1. The highest BCUT2D eigenvalue weighted by molar-refractivity contribution is 7.88. The van der Waals surface area contributed by atoms with Crippen molar-refractivity contribution in [3.8, 4) is 0 Å². The van der Waals surface area contributed by atoms with E-state index in [9.17, 15) is 22.4 Å². The van der Waals surface area contributed by atoms with Gasteiger partial charge in [-0.3, -0.25) is 4.90 Å². The van der Waals surface area contributed by atoms with Gasteiger partial charge in [-0.15, -0.1) is 0 Å². The molecule has 1 atom stereocenters. The maximum Gasteiger partial charge on any atom is 0.414 e. The van der Waals surface area contributed by atoms with E-state index in [1.807, 2.05) is 0 Å². The Morgan fingerprint density at radius 3 is 2.57 bits per heavy atom. The van der Waals surface area contributed by atoms with Crippen LogP contribution in [0.2, 0.25) is 0 Å². The van der Waals surface area contributed by atoms with Crippen LogP contribution in [0.15, 0.2) is 18.2 Å². The molecule has 2 saturated heterocycles. The summed E-state index contributed by atoms with van der Waals surface area (Å²) in [6, 6.07) is 4.33. The number of carbonyl (C=O) groups is 2. The Morgan fingerprint density at radius 2 is 2.00 bits per heavy atom. The van der Waals surface area contributed by atoms with Crippen molar-refractivity contribution in [2.45, 2.75) is 6.10 Å². The number of nitrogens with zero attached hydrogens (tertiary/aromatic N) is 3. The summed E-state index contributed by atoms with van der Waals surface area (Å²) in [4.78, 5) is 27.3. The minimum absolute atomic E-state index is 0.0600. The van der Waals surface area contributed by atoms with Crippen molar-refractivity contribution < 1.29 is 32.2 Å². The Morgan fingerprint density at radius 1 is 1.32 bits per heavy atom. The highest BCUT2D eigenvalue weighted by atomic mass is 32.2. The van der Waals surface area contributed by atoms with Gasteiger partial charge in [-0.05, 0) is 18.2 Å². The monoisotopic (exact) mass is 416 g/mol. The molecular weight excluding hydrogens is 395 g/mol. The van der Waals surface area contributed by atoms with Crippen molar-refractivity contribution in [2.75, 3.05) is 55.3 Å². The number of sulfonamides is 1. The lowest BCUT2D eigenvalue weighted by molar-refractivity contribution is 0.142. The summed E-state index contributed by atoms with van der Waals surface area (Å²) in [5, 5.41) is 8.98. The van der Waals surface area contributed by atoms with E-state index >= 15 is 0 Å². The molecule has 2 aliphatic rings. The Kier molecular flexibility index (Phi) is 5.61. The van der Waals surface area contributed by atoms with E-state index in [1.165, 1.54) is 21.9 Å². The molecule has 0 radical (unpaired) electrons. The average molecular weight is 416 g/mol. The van der Waals surface area contributed by atoms with Gasteiger partial charge in [0.15, 0.2) is 0 Å². The first-order valence-electron chi connectivity index (χ1n) is 8.59. The van der Waals surface area contributed by atoms with Crippen molar-refractivity contribution >= 4 is 33.6 Å². The van der Waals surface area contributed by atoms with Gasteiger partial charge >= 0.3 is 12.2 Å². The summed E-state index contributed by atoms with van der Waals surface area (Å²) >= 11 is 0. The number of piperazine rings is 1. The lowest BCUT2D eigenvalue weighted by Crippen LogP contribution is -2.48. The summed E-state index contributed by atoms with van der Waals surface area (Å²) < 4.78 is 44.3. The van der Waals surface area contributed by atoms with Gasteiger partial charge in [-0.25, -0.2) is 27.1 Å². The van der Waals surface area contributed by atoms with Gasteiger partial charge in [0.2, 0.25) is 10.0 Å².